The van der Waals surface area contributed by atoms with Crippen molar-refractivity contribution in [3.05, 3.63) is 11.1 Å². The van der Waals surface area contributed by atoms with E-state index in [9.17, 15) is 9.59 Å². The summed E-state index contributed by atoms with van der Waals surface area (Å²) >= 11 is 0. The van der Waals surface area contributed by atoms with Crippen LogP contribution in [-0.2, 0) is 9.59 Å². The molecule has 0 unspecified atom stereocenters. The van der Waals surface area contributed by atoms with Gasteiger partial charge in [0, 0.05) is 17.7 Å². The lowest BCUT2D eigenvalue weighted by Crippen LogP contribution is -2.26. The lowest BCUT2D eigenvalue weighted by molar-refractivity contribution is -0.133. The molecular weight excluding hydrogens is 184 g/mol. The second-order valence-corrected chi connectivity index (χ2v) is 2.72. The number of hydrogen-bond donors (Lipinski definition) is 2. The molecule has 76 valence electrons. The molecule has 0 atom stereocenters. The van der Waals surface area contributed by atoms with Crippen LogP contribution < -0.4 is 5.32 Å². The van der Waals surface area contributed by atoms with Gasteiger partial charge in [-0.3, -0.25) is 4.79 Å². The van der Waals surface area contributed by atoms with Crippen molar-refractivity contribution < 1.29 is 14.7 Å². The molecule has 0 bridgehead atoms. The maximum absolute atomic E-state index is 11.2. The molecule has 0 rings (SSSR count). The third-order valence-electron chi connectivity index (χ3n) is 1.75. The van der Waals surface area contributed by atoms with Gasteiger partial charge in [-0.05, 0) is 13.8 Å². The molecular formula is C9H12N2O3. The summed E-state index contributed by atoms with van der Waals surface area (Å²) in [7, 11) is 0. The summed E-state index contributed by atoms with van der Waals surface area (Å²) in [6.07, 6.45) is 0.213. The van der Waals surface area contributed by atoms with E-state index in [0.29, 0.717) is 0 Å². The molecule has 5 nitrogen and oxygen atoms in total. The van der Waals surface area contributed by atoms with Crippen LogP contribution in [0.5, 0.6) is 0 Å². The Balaban J connectivity index is 4.33. The predicted octanol–water partition coefficient (Wildman–Crippen LogP) is 0.437. The van der Waals surface area contributed by atoms with Gasteiger partial charge >= 0.3 is 5.97 Å². The number of carbonyl (C=O) groups is 2. The molecule has 0 saturated carbocycles. The number of nitriles is 1. The Labute approximate surface area is 82.0 Å². The van der Waals surface area contributed by atoms with Crippen LogP contribution in [-0.4, -0.2) is 23.5 Å². The van der Waals surface area contributed by atoms with Crippen LogP contribution in [0.25, 0.3) is 0 Å². The van der Waals surface area contributed by atoms with Gasteiger partial charge in [0.25, 0.3) is 0 Å². The van der Waals surface area contributed by atoms with Gasteiger partial charge in [-0.1, -0.05) is 0 Å². The van der Waals surface area contributed by atoms with E-state index >= 15 is 0 Å². The molecule has 0 aromatic carbocycles. The third kappa shape index (κ3) is 3.72. The van der Waals surface area contributed by atoms with E-state index in [1.54, 1.807) is 0 Å². The van der Waals surface area contributed by atoms with Crippen molar-refractivity contribution in [1.29, 1.82) is 5.26 Å². The van der Waals surface area contributed by atoms with Crippen LogP contribution in [0.4, 0.5) is 0 Å². The first-order valence-corrected chi connectivity index (χ1v) is 4.06. The second kappa shape index (κ2) is 5.75. The first kappa shape index (κ1) is 12.2. The van der Waals surface area contributed by atoms with Gasteiger partial charge in [0.05, 0.1) is 12.5 Å². The Morgan fingerprint density at radius 2 is 1.93 bits per heavy atom. The van der Waals surface area contributed by atoms with Gasteiger partial charge in [0.15, 0.2) is 0 Å². The predicted molar refractivity (Wildman–Crippen MR) is 49.2 cm³/mol. The normalized spacial score (nSPS) is 11.2. The Hall–Kier alpha value is -1.83. The van der Waals surface area contributed by atoms with Crippen LogP contribution in [0.3, 0.4) is 0 Å². The standard InChI is InChI=1S/C9H12N2O3/c1-6(7(2)9(13)14)8(12)11-5-3-4-10/h3,5H2,1-2H3,(H,11,12)(H,13,14). The van der Waals surface area contributed by atoms with Crippen LogP contribution in [0.1, 0.15) is 20.3 Å². The van der Waals surface area contributed by atoms with Crippen molar-refractivity contribution in [3.63, 3.8) is 0 Å². The van der Waals surface area contributed by atoms with Gasteiger partial charge in [-0.15, -0.1) is 0 Å². The van der Waals surface area contributed by atoms with E-state index in [-0.39, 0.29) is 24.1 Å². The zero-order valence-electron chi connectivity index (χ0n) is 8.13. The molecule has 0 radical (unpaired) electrons. The van der Waals surface area contributed by atoms with E-state index in [0.717, 1.165) is 0 Å². The fourth-order valence-corrected chi connectivity index (χ4v) is 0.695. The number of nitrogens with zero attached hydrogens (tertiary/aromatic N) is 1. The zero-order valence-corrected chi connectivity index (χ0v) is 8.13. The van der Waals surface area contributed by atoms with E-state index in [1.807, 2.05) is 6.07 Å². The second-order valence-electron chi connectivity index (χ2n) is 2.72. The number of aliphatic carboxylic acids is 1. The molecule has 0 aromatic rings. The van der Waals surface area contributed by atoms with E-state index in [1.165, 1.54) is 13.8 Å². The number of carbonyl (C=O) groups excluding carboxylic acids is 1. The minimum atomic E-state index is -1.11. The van der Waals surface area contributed by atoms with Crippen molar-refractivity contribution in [1.82, 2.24) is 5.32 Å². The maximum atomic E-state index is 11.2. The van der Waals surface area contributed by atoms with Crippen LogP contribution >= 0.6 is 0 Å². The summed E-state index contributed by atoms with van der Waals surface area (Å²) in [5.41, 5.74) is 0.176. The summed E-state index contributed by atoms with van der Waals surface area (Å²) in [5, 5.41) is 19.2. The first-order valence-electron chi connectivity index (χ1n) is 4.06. The molecule has 0 spiro atoms. The molecule has 1 amide bonds. The highest BCUT2D eigenvalue weighted by Crippen LogP contribution is 2.02. The lowest BCUT2D eigenvalue weighted by Gasteiger charge is -2.04. The first-order chi connectivity index (χ1) is 6.50. The van der Waals surface area contributed by atoms with E-state index in [4.69, 9.17) is 10.4 Å². The fraction of sp³-hybridized carbons (Fsp3) is 0.444. The topological polar surface area (TPSA) is 90.2 Å². The number of amides is 1. The summed E-state index contributed by atoms with van der Waals surface area (Å²) in [6, 6.07) is 1.87. The maximum Gasteiger partial charge on any atom is 0.331 e. The van der Waals surface area contributed by atoms with E-state index < -0.39 is 11.9 Å². The van der Waals surface area contributed by atoms with Crippen molar-refractivity contribution in [2.75, 3.05) is 6.54 Å². The molecule has 0 aliphatic heterocycles. The number of rotatable bonds is 4. The number of nitrogens with one attached hydrogen (secondary N) is 1. The highest BCUT2D eigenvalue weighted by Gasteiger charge is 2.11. The van der Waals surface area contributed by atoms with Gasteiger partial charge in [-0.2, -0.15) is 5.26 Å². The van der Waals surface area contributed by atoms with Gasteiger partial charge in [0.2, 0.25) is 5.91 Å². The number of carboxylic acids is 1. The third-order valence-corrected chi connectivity index (χ3v) is 1.75. The highest BCUT2D eigenvalue weighted by molar-refractivity contribution is 6.01. The van der Waals surface area contributed by atoms with Crippen LogP contribution in [0.2, 0.25) is 0 Å². The van der Waals surface area contributed by atoms with Crippen molar-refractivity contribution in [3.8, 4) is 6.07 Å². The summed E-state index contributed by atoms with van der Waals surface area (Å²) in [6.45, 7) is 3.03. The Kier molecular flexibility index (Phi) is 5.00. The fourth-order valence-electron chi connectivity index (χ4n) is 0.695. The summed E-state index contributed by atoms with van der Waals surface area (Å²) in [5.74, 6) is -1.56. The number of hydrogen-bond acceptors (Lipinski definition) is 3. The van der Waals surface area contributed by atoms with Gasteiger partial charge in [-0.25, -0.2) is 4.79 Å². The molecule has 0 heterocycles. The van der Waals surface area contributed by atoms with Crippen LogP contribution in [0, 0.1) is 11.3 Å². The van der Waals surface area contributed by atoms with Gasteiger partial charge in [0.1, 0.15) is 0 Å². The Morgan fingerprint density at radius 1 is 1.36 bits per heavy atom. The zero-order chi connectivity index (χ0) is 11.1. The Morgan fingerprint density at radius 3 is 2.36 bits per heavy atom. The average molecular weight is 196 g/mol. The largest absolute Gasteiger partial charge is 0.478 e. The van der Waals surface area contributed by atoms with Crippen molar-refractivity contribution in [2.24, 2.45) is 0 Å². The molecule has 0 aromatic heterocycles. The molecule has 0 aliphatic carbocycles. The quantitative estimate of drug-likeness (QED) is 0.504. The SMILES string of the molecule is CC(C(=O)O)=C(C)C(=O)NCCC#N. The molecule has 0 saturated heterocycles. The molecule has 0 fully saturated rings. The molecule has 0 aliphatic rings. The monoisotopic (exact) mass is 196 g/mol. The number of carboxylic acid groups (broad SMARTS) is 1. The Bertz CT molecular complexity index is 313. The smallest absolute Gasteiger partial charge is 0.331 e. The minimum Gasteiger partial charge on any atom is -0.478 e. The van der Waals surface area contributed by atoms with Crippen molar-refractivity contribution in [2.45, 2.75) is 20.3 Å². The van der Waals surface area contributed by atoms with E-state index in [2.05, 4.69) is 5.32 Å². The molecule has 14 heavy (non-hydrogen) atoms. The van der Waals surface area contributed by atoms with Crippen LogP contribution in [0.15, 0.2) is 11.1 Å². The highest BCUT2D eigenvalue weighted by atomic mass is 16.4. The molecule has 2 N–H and O–H groups in total. The molecule has 5 heteroatoms. The van der Waals surface area contributed by atoms with Crippen molar-refractivity contribution >= 4 is 11.9 Å². The average Bonchev–Trinajstić information content (AvgIpc) is 2.15. The lowest BCUT2D eigenvalue weighted by atomic mass is 10.1. The van der Waals surface area contributed by atoms with Gasteiger partial charge < -0.3 is 10.4 Å². The minimum absolute atomic E-state index is 0.0134. The summed E-state index contributed by atoms with van der Waals surface area (Å²) in [4.78, 5) is 21.7. The summed E-state index contributed by atoms with van der Waals surface area (Å²) < 4.78 is 0.